The molecule has 28 heavy (non-hydrogen) atoms. The van der Waals surface area contributed by atoms with Crippen LogP contribution in [0, 0.1) is 0 Å². The van der Waals surface area contributed by atoms with Gasteiger partial charge in [0.2, 0.25) is 0 Å². The summed E-state index contributed by atoms with van der Waals surface area (Å²) in [6.07, 6.45) is 1.98. The van der Waals surface area contributed by atoms with Gasteiger partial charge >= 0.3 is 5.97 Å². The van der Waals surface area contributed by atoms with Crippen molar-refractivity contribution in [2.75, 3.05) is 6.54 Å². The maximum absolute atomic E-state index is 12.5. The molecule has 2 rings (SSSR count). The number of carboxylic acids is 1. The number of nitrogens with zero attached hydrogens (tertiary/aromatic N) is 2. The first-order valence-electron chi connectivity index (χ1n) is 8.70. The number of pyridine rings is 1. The van der Waals surface area contributed by atoms with Crippen LogP contribution in [-0.4, -0.2) is 40.1 Å². The average Bonchev–Trinajstić information content (AvgIpc) is 2.66. The van der Waals surface area contributed by atoms with E-state index in [-0.39, 0.29) is 30.0 Å². The summed E-state index contributed by atoms with van der Waals surface area (Å²) in [5, 5.41) is 11.8. The van der Waals surface area contributed by atoms with Crippen LogP contribution in [0.5, 0.6) is 0 Å². The molecule has 1 aromatic carbocycles. The minimum atomic E-state index is -1.16. The highest BCUT2D eigenvalue weighted by molar-refractivity contribution is 5.96. The summed E-state index contributed by atoms with van der Waals surface area (Å²) in [7, 11) is 0. The maximum atomic E-state index is 12.5. The Morgan fingerprint density at radius 3 is 2.50 bits per heavy atom. The molecule has 0 aliphatic rings. The van der Waals surface area contributed by atoms with Crippen LogP contribution in [-0.2, 0) is 11.3 Å². The van der Waals surface area contributed by atoms with Crippen molar-refractivity contribution in [3.63, 3.8) is 0 Å². The fourth-order valence-corrected chi connectivity index (χ4v) is 2.57. The first-order valence-corrected chi connectivity index (χ1v) is 8.70. The smallest absolute Gasteiger partial charge is 0.326 e. The topological polar surface area (TPSA) is 153 Å². The molecule has 1 heterocycles. The van der Waals surface area contributed by atoms with Crippen molar-refractivity contribution >= 4 is 17.8 Å². The second kappa shape index (κ2) is 9.91. The van der Waals surface area contributed by atoms with Gasteiger partial charge in [-0.3, -0.25) is 14.6 Å². The Kier molecular flexibility index (Phi) is 7.32. The van der Waals surface area contributed by atoms with E-state index in [0.717, 1.165) is 5.56 Å². The molecule has 0 fully saturated rings. The minimum absolute atomic E-state index is 0.0726. The van der Waals surface area contributed by atoms with Crippen LogP contribution in [0.15, 0.2) is 58.4 Å². The lowest BCUT2D eigenvalue weighted by Gasteiger charge is -2.15. The lowest BCUT2D eigenvalue weighted by Crippen LogP contribution is -2.41. The highest BCUT2D eigenvalue weighted by Gasteiger charge is 2.20. The molecule has 148 valence electrons. The van der Waals surface area contributed by atoms with E-state index in [1.165, 1.54) is 22.9 Å². The second-order valence-corrected chi connectivity index (χ2v) is 6.18. The van der Waals surface area contributed by atoms with Gasteiger partial charge in [-0.15, -0.1) is 0 Å². The Morgan fingerprint density at radius 2 is 1.86 bits per heavy atom. The molecule has 1 amide bonds. The van der Waals surface area contributed by atoms with E-state index >= 15 is 0 Å². The van der Waals surface area contributed by atoms with Gasteiger partial charge < -0.3 is 26.5 Å². The van der Waals surface area contributed by atoms with Gasteiger partial charge in [0.1, 0.15) is 6.04 Å². The number of nitrogens with two attached hydrogens (primary N) is 2. The first-order chi connectivity index (χ1) is 13.4. The molecule has 0 bridgehead atoms. The number of hydrogen-bond donors (Lipinski definition) is 4. The molecule has 0 saturated carbocycles. The lowest BCUT2D eigenvalue weighted by atomic mass is 10.1. The Bertz CT molecular complexity index is 904. The summed E-state index contributed by atoms with van der Waals surface area (Å²) in [6, 6.07) is 10.9. The summed E-state index contributed by atoms with van der Waals surface area (Å²) < 4.78 is 1.40. The number of amides is 1. The number of hydrogen-bond acceptors (Lipinski definition) is 4. The minimum Gasteiger partial charge on any atom is -0.480 e. The van der Waals surface area contributed by atoms with Crippen molar-refractivity contribution in [1.29, 1.82) is 0 Å². The Balaban J connectivity index is 2.07. The van der Waals surface area contributed by atoms with E-state index in [4.69, 9.17) is 11.5 Å². The van der Waals surface area contributed by atoms with Gasteiger partial charge in [-0.05, 0) is 24.5 Å². The molecule has 0 aliphatic carbocycles. The van der Waals surface area contributed by atoms with E-state index in [1.807, 2.05) is 30.3 Å². The van der Waals surface area contributed by atoms with Crippen LogP contribution in [0.4, 0.5) is 0 Å². The van der Waals surface area contributed by atoms with Gasteiger partial charge in [-0.2, -0.15) is 0 Å². The van der Waals surface area contributed by atoms with Gasteiger partial charge in [0.05, 0.1) is 12.1 Å². The van der Waals surface area contributed by atoms with E-state index in [1.54, 1.807) is 0 Å². The number of carboxylic acid groups (broad SMARTS) is 1. The molecular formula is C19H23N5O4. The first kappa shape index (κ1) is 20.7. The third kappa shape index (κ3) is 6.27. The maximum Gasteiger partial charge on any atom is 0.326 e. The Hall–Kier alpha value is -3.62. The van der Waals surface area contributed by atoms with Crippen LogP contribution < -0.4 is 22.3 Å². The normalized spacial score (nSPS) is 11.4. The number of aliphatic carboxylic acids is 1. The van der Waals surface area contributed by atoms with E-state index in [0.29, 0.717) is 13.0 Å². The van der Waals surface area contributed by atoms with Crippen LogP contribution in [0.2, 0.25) is 0 Å². The number of carbonyl (C=O) groups is 2. The van der Waals surface area contributed by atoms with Gasteiger partial charge in [0.25, 0.3) is 11.5 Å². The molecule has 0 spiro atoms. The van der Waals surface area contributed by atoms with Crippen molar-refractivity contribution in [2.24, 2.45) is 16.5 Å². The SMILES string of the molecule is NC(N)=NCCC[C@H](NC(=O)c1ccc(=O)n(Cc2ccccc2)c1)C(=O)O. The Morgan fingerprint density at radius 1 is 1.14 bits per heavy atom. The lowest BCUT2D eigenvalue weighted by molar-refractivity contribution is -0.139. The number of carbonyl (C=O) groups excluding carboxylic acids is 1. The summed E-state index contributed by atoms with van der Waals surface area (Å²) in [5.41, 5.74) is 11.3. The van der Waals surface area contributed by atoms with E-state index < -0.39 is 17.9 Å². The van der Waals surface area contributed by atoms with Crippen LogP contribution >= 0.6 is 0 Å². The molecule has 6 N–H and O–H groups in total. The monoisotopic (exact) mass is 385 g/mol. The van der Waals surface area contributed by atoms with Gasteiger partial charge in [-0.25, -0.2) is 4.79 Å². The zero-order valence-corrected chi connectivity index (χ0v) is 15.2. The summed E-state index contributed by atoms with van der Waals surface area (Å²) in [5.74, 6) is -1.80. The van der Waals surface area contributed by atoms with Crippen LogP contribution in [0.3, 0.4) is 0 Å². The van der Waals surface area contributed by atoms with Crippen molar-refractivity contribution < 1.29 is 14.7 Å². The number of rotatable bonds is 9. The molecule has 1 aromatic heterocycles. The van der Waals surface area contributed by atoms with Crippen molar-refractivity contribution in [3.8, 4) is 0 Å². The van der Waals surface area contributed by atoms with Crippen LogP contribution in [0.1, 0.15) is 28.8 Å². The number of aromatic nitrogens is 1. The molecule has 0 saturated heterocycles. The number of benzene rings is 1. The fraction of sp³-hybridized carbons (Fsp3) is 0.263. The third-order valence-electron chi connectivity index (χ3n) is 3.99. The van der Waals surface area contributed by atoms with Crippen molar-refractivity contribution in [1.82, 2.24) is 9.88 Å². The van der Waals surface area contributed by atoms with Crippen LogP contribution in [0.25, 0.3) is 0 Å². The van der Waals surface area contributed by atoms with Gasteiger partial charge in [0, 0.05) is 18.8 Å². The number of aliphatic imine (C=N–C) groups is 1. The quantitative estimate of drug-likeness (QED) is 0.273. The summed E-state index contributed by atoms with van der Waals surface area (Å²) in [6.45, 7) is 0.575. The predicted molar refractivity (Wildman–Crippen MR) is 105 cm³/mol. The zero-order valence-electron chi connectivity index (χ0n) is 15.2. The van der Waals surface area contributed by atoms with E-state index in [9.17, 15) is 19.5 Å². The second-order valence-electron chi connectivity index (χ2n) is 6.18. The molecule has 2 aromatic rings. The summed E-state index contributed by atoms with van der Waals surface area (Å²) >= 11 is 0. The molecule has 0 radical (unpaired) electrons. The number of nitrogens with one attached hydrogen (secondary N) is 1. The standard InChI is InChI=1S/C19H23N5O4/c20-19(21)22-10-4-7-15(18(27)28)23-17(26)14-8-9-16(25)24(12-14)11-13-5-2-1-3-6-13/h1-3,5-6,8-9,12,15H,4,7,10-11H2,(H,23,26)(H,27,28)(H4,20,21,22)/t15-/m0/s1. The highest BCUT2D eigenvalue weighted by atomic mass is 16.4. The third-order valence-corrected chi connectivity index (χ3v) is 3.99. The Labute approximate surface area is 161 Å². The molecule has 0 aliphatic heterocycles. The van der Waals surface area contributed by atoms with Crippen molar-refractivity contribution in [2.45, 2.75) is 25.4 Å². The van der Waals surface area contributed by atoms with E-state index in [2.05, 4.69) is 10.3 Å². The largest absolute Gasteiger partial charge is 0.480 e. The fourth-order valence-electron chi connectivity index (χ4n) is 2.57. The average molecular weight is 385 g/mol. The molecule has 0 unspecified atom stereocenters. The molecule has 1 atom stereocenters. The molecule has 9 heteroatoms. The highest BCUT2D eigenvalue weighted by Crippen LogP contribution is 2.05. The molecule has 9 nitrogen and oxygen atoms in total. The van der Waals surface area contributed by atoms with Gasteiger partial charge in [0.15, 0.2) is 5.96 Å². The molecular weight excluding hydrogens is 362 g/mol. The van der Waals surface area contributed by atoms with Crippen molar-refractivity contribution in [3.05, 3.63) is 70.1 Å². The van der Waals surface area contributed by atoms with Gasteiger partial charge in [-0.1, -0.05) is 30.3 Å². The summed E-state index contributed by atoms with van der Waals surface area (Å²) in [4.78, 5) is 39.7. The number of guanidine groups is 1. The predicted octanol–water partition coefficient (Wildman–Crippen LogP) is 0.133. The zero-order chi connectivity index (χ0) is 20.5.